The molecule has 0 fully saturated rings. The van der Waals surface area contributed by atoms with Crippen molar-refractivity contribution in [3.8, 4) is 5.75 Å². The molecule has 0 saturated heterocycles. The van der Waals surface area contributed by atoms with E-state index in [9.17, 15) is 18.4 Å². The lowest BCUT2D eigenvalue weighted by Crippen LogP contribution is -2.32. The van der Waals surface area contributed by atoms with Crippen molar-refractivity contribution in [3.05, 3.63) is 95.7 Å². The molecule has 0 unspecified atom stereocenters. The maximum absolute atomic E-state index is 13.8. The molecule has 1 heterocycles. The molecule has 0 saturated carbocycles. The predicted molar refractivity (Wildman–Crippen MR) is 109 cm³/mol. The molecule has 3 aromatic carbocycles. The largest absolute Gasteiger partial charge is 0.496 e. The van der Waals surface area contributed by atoms with Crippen molar-refractivity contribution in [3.63, 3.8) is 0 Å². The molecule has 4 rings (SSSR count). The number of hydrogen-bond acceptors (Lipinski definition) is 4. The smallest absolute Gasteiger partial charge is 0.282 e. The number of nitrogens with one attached hydrogen (secondary N) is 1. The van der Waals surface area contributed by atoms with Gasteiger partial charge in [-0.1, -0.05) is 36.4 Å². The Hall–Kier alpha value is -4.00. The fourth-order valence-electron chi connectivity index (χ4n) is 3.27. The van der Waals surface area contributed by atoms with Crippen molar-refractivity contribution >= 4 is 28.8 Å². The van der Waals surface area contributed by atoms with Crippen LogP contribution in [0.2, 0.25) is 0 Å². The van der Waals surface area contributed by atoms with Crippen LogP contribution in [0.3, 0.4) is 0 Å². The first-order chi connectivity index (χ1) is 14.5. The number of halogens is 2. The van der Waals surface area contributed by atoms with Crippen LogP contribution in [0.4, 0.5) is 20.2 Å². The van der Waals surface area contributed by atoms with Crippen LogP contribution in [0, 0.1) is 11.6 Å². The van der Waals surface area contributed by atoms with E-state index in [0.717, 1.165) is 17.0 Å². The molecule has 2 amide bonds. The summed E-state index contributed by atoms with van der Waals surface area (Å²) < 4.78 is 32.5. The first-order valence-corrected chi connectivity index (χ1v) is 9.05. The fraction of sp³-hybridized carbons (Fsp3) is 0.0435. The molecule has 1 aliphatic heterocycles. The molecular formula is C23H16F2N2O3. The Morgan fingerprint density at radius 2 is 1.53 bits per heavy atom. The molecule has 3 aromatic rings. The van der Waals surface area contributed by atoms with Gasteiger partial charge in [0.25, 0.3) is 11.8 Å². The summed E-state index contributed by atoms with van der Waals surface area (Å²) in [5, 5.41) is 2.99. The maximum Gasteiger partial charge on any atom is 0.282 e. The molecule has 0 bridgehead atoms. The average molecular weight is 406 g/mol. The fourth-order valence-corrected chi connectivity index (χ4v) is 3.27. The second-order valence-electron chi connectivity index (χ2n) is 6.49. The molecule has 0 aliphatic carbocycles. The molecular weight excluding hydrogens is 390 g/mol. The number of rotatable bonds is 5. The Morgan fingerprint density at radius 1 is 0.833 bits per heavy atom. The Balaban J connectivity index is 1.87. The summed E-state index contributed by atoms with van der Waals surface area (Å²) >= 11 is 0. The SMILES string of the molecule is COc1ccccc1C1=C(Nc2ccccc2)C(=O)N(c2ccc(F)c(F)c2)C1=O. The zero-order chi connectivity index (χ0) is 21.3. The number of methoxy groups -OCH3 is 1. The standard InChI is InChI=1S/C23H16F2N2O3/c1-30-19-10-6-5-9-16(19)20-21(26-14-7-3-2-4-8-14)23(29)27(22(20)28)15-11-12-17(24)18(25)13-15/h2-13,26H,1H3. The summed E-state index contributed by atoms with van der Waals surface area (Å²) in [5.74, 6) is -3.19. The third-order valence-electron chi connectivity index (χ3n) is 4.66. The molecule has 30 heavy (non-hydrogen) atoms. The van der Waals surface area contributed by atoms with E-state index in [1.807, 2.05) is 6.07 Å². The van der Waals surface area contributed by atoms with Crippen LogP contribution in [0.25, 0.3) is 5.57 Å². The molecule has 0 spiro atoms. The third-order valence-corrected chi connectivity index (χ3v) is 4.66. The lowest BCUT2D eigenvalue weighted by molar-refractivity contribution is -0.120. The van der Waals surface area contributed by atoms with Gasteiger partial charge >= 0.3 is 0 Å². The van der Waals surface area contributed by atoms with Crippen LogP contribution in [0.5, 0.6) is 5.75 Å². The minimum absolute atomic E-state index is 0.0143. The van der Waals surface area contributed by atoms with Gasteiger partial charge in [0.05, 0.1) is 18.4 Å². The van der Waals surface area contributed by atoms with Crippen molar-refractivity contribution in [2.45, 2.75) is 0 Å². The van der Waals surface area contributed by atoms with Gasteiger partial charge in [0.15, 0.2) is 11.6 Å². The molecule has 0 atom stereocenters. The highest BCUT2D eigenvalue weighted by Gasteiger charge is 2.41. The normalized spacial score (nSPS) is 13.8. The monoisotopic (exact) mass is 406 g/mol. The number of carbonyl (C=O) groups excluding carboxylic acids is 2. The summed E-state index contributed by atoms with van der Waals surface area (Å²) in [5.41, 5.74) is 1.02. The number of nitrogens with zero attached hydrogens (tertiary/aromatic N) is 1. The van der Waals surface area contributed by atoms with Gasteiger partial charge in [0.1, 0.15) is 11.4 Å². The second kappa shape index (κ2) is 7.79. The quantitative estimate of drug-likeness (QED) is 0.640. The maximum atomic E-state index is 13.8. The summed E-state index contributed by atoms with van der Waals surface area (Å²) in [4.78, 5) is 27.4. The number of para-hydroxylation sites is 2. The minimum atomic E-state index is -1.16. The Labute approximate surface area is 171 Å². The van der Waals surface area contributed by atoms with E-state index in [1.54, 1.807) is 48.5 Å². The second-order valence-corrected chi connectivity index (χ2v) is 6.49. The molecule has 7 heteroatoms. The number of benzene rings is 3. The van der Waals surface area contributed by atoms with Crippen molar-refractivity contribution in [2.75, 3.05) is 17.3 Å². The molecule has 0 aromatic heterocycles. The zero-order valence-corrected chi connectivity index (χ0v) is 15.9. The topological polar surface area (TPSA) is 58.6 Å². The van der Waals surface area contributed by atoms with Crippen molar-refractivity contribution in [1.82, 2.24) is 0 Å². The van der Waals surface area contributed by atoms with E-state index in [1.165, 1.54) is 13.2 Å². The van der Waals surface area contributed by atoms with E-state index in [4.69, 9.17) is 4.74 Å². The van der Waals surface area contributed by atoms with E-state index < -0.39 is 23.4 Å². The van der Waals surface area contributed by atoms with Crippen LogP contribution in [-0.4, -0.2) is 18.9 Å². The number of imide groups is 1. The van der Waals surface area contributed by atoms with Gasteiger partial charge in [-0.05, 0) is 30.3 Å². The first kappa shape index (κ1) is 19.3. The van der Waals surface area contributed by atoms with Gasteiger partial charge in [-0.25, -0.2) is 13.7 Å². The first-order valence-electron chi connectivity index (χ1n) is 9.05. The highest BCUT2D eigenvalue weighted by molar-refractivity contribution is 6.46. The number of carbonyl (C=O) groups is 2. The lowest BCUT2D eigenvalue weighted by Gasteiger charge is -2.16. The van der Waals surface area contributed by atoms with E-state index in [2.05, 4.69) is 5.32 Å². The van der Waals surface area contributed by atoms with Crippen LogP contribution in [-0.2, 0) is 9.59 Å². The van der Waals surface area contributed by atoms with Crippen molar-refractivity contribution < 1.29 is 23.1 Å². The van der Waals surface area contributed by atoms with Gasteiger partial charge in [-0.2, -0.15) is 0 Å². The predicted octanol–water partition coefficient (Wildman–Crippen LogP) is 4.37. The molecule has 150 valence electrons. The molecule has 0 radical (unpaired) electrons. The Morgan fingerprint density at radius 3 is 2.23 bits per heavy atom. The Bertz CT molecular complexity index is 1180. The highest BCUT2D eigenvalue weighted by atomic mass is 19.2. The van der Waals surface area contributed by atoms with Crippen LogP contribution >= 0.6 is 0 Å². The van der Waals surface area contributed by atoms with Gasteiger partial charge in [0.2, 0.25) is 0 Å². The van der Waals surface area contributed by atoms with Crippen LogP contribution in [0.1, 0.15) is 5.56 Å². The average Bonchev–Trinajstić information content (AvgIpc) is 3.00. The molecule has 5 nitrogen and oxygen atoms in total. The molecule has 1 aliphatic rings. The summed E-state index contributed by atoms with van der Waals surface area (Å²) in [6.07, 6.45) is 0. The molecule has 1 N–H and O–H groups in total. The van der Waals surface area contributed by atoms with Gasteiger partial charge in [0, 0.05) is 17.3 Å². The Kier molecular flexibility index (Phi) is 5.02. The van der Waals surface area contributed by atoms with Crippen LogP contribution in [0.15, 0.2) is 78.5 Å². The highest BCUT2D eigenvalue weighted by Crippen LogP contribution is 2.37. The number of anilines is 2. The summed E-state index contributed by atoms with van der Waals surface area (Å²) in [7, 11) is 1.46. The number of ether oxygens (including phenoxy) is 1. The van der Waals surface area contributed by atoms with Crippen LogP contribution < -0.4 is 15.0 Å². The van der Waals surface area contributed by atoms with Gasteiger partial charge < -0.3 is 10.1 Å². The lowest BCUT2D eigenvalue weighted by atomic mass is 10.0. The zero-order valence-electron chi connectivity index (χ0n) is 15.9. The minimum Gasteiger partial charge on any atom is -0.496 e. The van der Waals surface area contributed by atoms with Gasteiger partial charge in [-0.15, -0.1) is 0 Å². The summed E-state index contributed by atoms with van der Waals surface area (Å²) in [6, 6.07) is 18.5. The van der Waals surface area contributed by atoms with E-state index in [0.29, 0.717) is 17.0 Å². The number of amides is 2. The number of hydrogen-bond donors (Lipinski definition) is 1. The van der Waals surface area contributed by atoms with Crippen molar-refractivity contribution in [1.29, 1.82) is 0 Å². The van der Waals surface area contributed by atoms with E-state index in [-0.39, 0.29) is 17.0 Å². The third kappa shape index (κ3) is 3.30. The summed E-state index contributed by atoms with van der Waals surface area (Å²) in [6.45, 7) is 0. The van der Waals surface area contributed by atoms with Gasteiger partial charge in [-0.3, -0.25) is 9.59 Å². The van der Waals surface area contributed by atoms with E-state index >= 15 is 0 Å². The van der Waals surface area contributed by atoms with Crippen molar-refractivity contribution in [2.24, 2.45) is 0 Å².